The quantitative estimate of drug-likeness (QED) is 0.763. The highest BCUT2D eigenvalue weighted by Gasteiger charge is 2.29. The Bertz CT molecular complexity index is 784. The fourth-order valence-electron chi connectivity index (χ4n) is 2.60. The van der Waals surface area contributed by atoms with Crippen LogP contribution >= 0.6 is 11.6 Å². The predicted molar refractivity (Wildman–Crippen MR) is 82.4 cm³/mol. The van der Waals surface area contributed by atoms with Gasteiger partial charge in [0.15, 0.2) is 17.5 Å². The molecule has 1 fully saturated rings. The SMILES string of the molecule is O=C(c1ccc(F)c(F)c1F)N1CCOC(c2cccc(Cl)c2)C1. The second kappa shape index (κ2) is 6.83. The molecule has 1 heterocycles. The lowest BCUT2D eigenvalue weighted by Crippen LogP contribution is -2.42. The van der Waals surface area contributed by atoms with Gasteiger partial charge in [-0.05, 0) is 29.8 Å². The van der Waals surface area contributed by atoms with Crippen LogP contribution in [0.1, 0.15) is 22.0 Å². The molecule has 0 N–H and O–H groups in total. The number of hydrogen-bond acceptors (Lipinski definition) is 2. The highest BCUT2D eigenvalue weighted by molar-refractivity contribution is 6.30. The van der Waals surface area contributed by atoms with Gasteiger partial charge in [-0.1, -0.05) is 23.7 Å². The number of morpholine rings is 1. The first kappa shape index (κ1) is 16.8. The Morgan fingerprint density at radius 1 is 1.17 bits per heavy atom. The van der Waals surface area contributed by atoms with Gasteiger partial charge in [0.05, 0.1) is 18.7 Å². The van der Waals surface area contributed by atoms with Crippen molar-refractivity contribution in [1.82, 2.24) is 4.90 Å². The summed E-state index contributed by atoms with van der Waals surface area (Å²) in [5.41, 5.74) is 0.284. The molecule has 3 rings (SSSR count). The summed E-state index contributed by atoms with van der Waals surface area (Å²) >= 11 is 5.95. The molecule has 2 aromatic rings. The maximum absolute atomic E-state index is 13.8. The summed E-state index contributed by atoms with van der Waals surface area (Å²) < 4.78 is 45.8. The molecule has 2 aromatic carbocycles. The van der Waals surface area contributed by atoms with Crippen molar-refractivity contribution in [2.45, 2.75) is 6.10 Å². The van der Waals surface area contributed by atoms with Crippen molar-refractivity contribution in [2.75, 3.05) is 19.7 Å². The minimum Gasteiger partial charge on any atom is -0.370 e. The lowest BCUT2D eigenvalue weighted by Gasteiger charge is -2.33. The Kier molecular flexibility index (Phi) is 4.78. The van der Waals surface area contributed by atoms with Crippen LogP contribution in [0.3, 0.4) is 0 Å². The number of amides is 1. The normalized spacial score (nSPS) is 17.8. The second-order valence-electron chi connectivity index (χ2n) is 5.39. The first-order chi connectivity index (χ1) is 11.5. The number of hydrogen-bond donors (Lipinski definition) is 0. The summed E-state index contributed by atoms with van der Waals surface area (Å²) in [4.78, 5) is 13.8. The van der Waals surface area contributed by atoms with Crippen molar-refractivity contribution in [3.05, 3.63) is 70.0 Å². The van der Waals surface area contributed by atoms with Crippen LogP contribution in [-0.2, 0) is 4.74 Å². The molecular weight excluding hydrogens is 343 g/mol. The molecule has 0 saturated carbocycles. The summed E-state index contributed by atoms with van der Waals surface area (Å²) in [6.07, 6.45) is -0.422. The van der Waals surface area contributed by atoms with E-state index in [1.54, 1.807) is 18.2 Å². The van der Waals surface area contributed by atoms with Crippen molar-refractivity contribution in [1.29, 1.82) is 0 Å². The number of nitrogens with zero attached hydrogens (tertiary/aromatic N) is 1. The largest absolute Gasteiger partial charge is 0.370 e. The van der Waals surface area contributed by atoms with Crippen molar-refractivity contribution in [2.24, 2.45) is 0 Å². The zero-order valence-corrected chi connectivity index (χ0v) is 13.2. The van der Waals surface area contributed by atoms with Crippen LogP contribution in [0.4, 0.5) is 13.2 Å². The molecule has 1 aliphatic rings. The smallest absolute Gasteiger partial charge is 0.257 e. The van der Waals surface area contributed by atoms with Crippen LogP contribution in [-0.4, -0.2) is 30.5 Å². The van der Waals surface area contributed by atoms with Gasteiger partial charge >= 0.3 is 0 Å². The molecule has 7 heteroatoms. The predicted octanol–water partition coefficient (Wildman–Crippen LogP) is 3.97. The minimum atomic E-state index is -1.65. The topological polar surface area (TPSA) is 29.5 Å². The van der Waals surface area contributed by atoms with Crippen LogP contribution < -0.4 is 0 Å². The van der Waals surface area contributed by atoms with E-state index in [0.717, 1.165) is 17.7 Å². The lowest BCUT2D eigenvalue weighted by atomic mass is 10.1. The van der Waals surface area contributed by atoms with Gasteiger partial charge < -0.3 is 9.64 Å². The number of benzene rings is 2. The zero-order chi connectivity index (χ0) is 17.3. The van der Waals surface area contributed by atoms with E-state index in [2.05, 4.69) is 0 Å². The molecule has 0 aliphatic carbocycles. The van der Waals surface area contributed by atoms with Gasteiger partial charge in [-0.25, -0.2) is 13.2 Å². The van der Waals surface area contributed by atoms with E-state index in [9.17, 15) is 18.0 Å². The van der Waals surface area contributed by atoms with Crippen molar-refractivity contribution < 1.29 is 22.7 Å². The molecule has 0 bridgehead atoms. The molecule has 0 spiro atoms. The van der Waals surface area contributed by atoms with E-state index in [-0.39, 0.29) is 19.7 Å². The van der Waals surface area contributed by atoms with E-state index in [1.165, 1.54) is 4.90 Å². The number of carbonyl (C=O) groups is 1. The van der Waals surface area contributed by atoms with Crippen LogP contribution in [0.15, 0.2) is 36.4 Å². The van der Waals surface area contributed by atoms with Crippen LogP contribution in [0.25, 0.3) is 0 Å². The number of rotatable bonds is 2. The maximum Gasteiger partial charge on any atom is 0.257 e. The van der Waals surface area contributed by atoms with Gasteiger partial charge in [0.1, 0.15) is 6.10 Å². The second-order valence-corrected chi connectivity index (χ2v) is 5.82. The molecular formula is C17H13ClF3NO2. The van der Waals surface area contributed by atoms with E-state index >= 15 is 0 Å². The Morgan fingerprint density at radius 2 is 1.96 bits per heavy atom. The van der Waals surface area contributed by atoms with Crippen molar-refractivity contribution in [3.63, 3.8) is 0 Å². The standard InChI is InChI=1S/C17H13ClF3NO2/c18-11-3-1-2-10(8-11)14-9-22(6-7-24-14)17(23)12-4-5-13(19)16(21)15(12)20/h1-5,8,14H,6-7,9H2. The van der Waals surface area contributed by atoms with E-state index in [0.29, 0.717) is 5.02 Å². The highest BCUT2D eigenvalue weighted by Crippen LogP contribution is 2.26. The summed E-state index contributed by atoms with van der Waals surface area (Å²) in [5, 5.41) is 0.534. The molecule has 24 heavy (non-hydrogen) atoms. The Morgan fingerprint density at radius 3 is 2.71 bits per heavy atom. The molecule has 1 saturated heterocycles. The maximum atomic E-state index is 13.8. The average molecular weight is 356 g/mol. The molecule has 3 nitrogen and oxygen atoms in total. The van der Waals surface area contributed by atoms with Crippen molar-refractivity contribution >= 4 is 17.5 Å². The first-order valence-electron chi connectivity index (χ1n) is 7.27. The van der Waals surface area contributed by atoms with Gasteiger partial charge in [-0.15, -0.1) is 0 Å². The highest BCUT2D eigenvalue weighted by atomic mass is 35.5. The molecule has 1 atom stereocenters. The third kappa shape index (κ3) is 3.25. The van der Waals surface area contributed by atoms with Gasteiger partial charge in [0.2, 0.25) is 0 Å². The number of halogens is 4. The zero-order valence-electron chi connectivity index (χ0n) is 12.4. The van der Waals surface area contributed by atoms with Gasteiger partial charge in [-0.2, -0.15) is 0 Å². The van der Waals surface area contributed by atoms with Gasteiger partial charge in [0.25, 0.3) is 5.91 Å². The first-order valence-corrected chi connectivity index (χ1v) is 7.65. The summed E-state index contributed by atoms with van der Waals surface area (Å²) in [5.74, 6) is -5.17. The molecule has 0 radical (unpaired) electrons. The third-order valence-electron chi connectivity index (χ3n) is 3.84. The summed E-state index contributed by atoms with van der Waals surface area (Å²) in [6, 6.07) is 8.69. The van der Waals surface area contributed by atoms with Gasteiger partial charge in [-0.3, -0.25) is 4.79 Å². The Hall–Kier alpha value is -2.05. The fraction of sp³-hybridized carbons (Fsp3) is 0.235. The van der Waals surface area contributed by atoms with E-state index in [4.69, 9.17) is 16.3 Å². The monoisotopic (exact) mass is 355 g/mol. The summed E-state index contributed by atoms with van der Waals surface area (Å²) in [6.45, 7) is 0.639. The van der Waals surface area contributed by atoms with Crippen molar-refractivity contribution in [3.8, 4) is 0 Å². The van der Waals surface area contributed by atoms with Crippen LogP contribution in [0.5, 0.6) is 0 Å². The molecule has 0 aromatic heterocycles. The fourth-order valence-corrected chi connectivity index (χ4v) is 2.80. The van der Waals surface area contributed by atoms with E-state index in [1.807, 2.05) is 6.07 Å². The summed E-state index contributed by atoms with van der Waals surface area (Å²) in [7, 11) is 0. The minimum absolute atomic E-state index is 0.164. The molecule has 1 amide bonds. The number of carbonyl (C=O) groups excluding carboxylic acids is 1. The molecule has 126 valence electrons. The van der Waals surface area contributed by atoms with Crippen LogP contribution in [0, 0.1) is 17.5 Å². The number of ether oxygens (including phenoxy) is 1. The van der Waals surface area contributed by atoms with Crippen LogP contribution in [0.2, 0.25) is 5.02 Å². The van der Waals surface area contributed by atoms with E-state index < -0.39 is 35.0 Å². The molecule has 1 aliphatic heterocycles. The Balaban J connectivity index is 1.82. The van der Waals surface area contributed by atoms with Gasteiger partial charge in [0, 0.05) is 11.6 Å². The molecule has 1 unspecified atom stereocenters. The Labute approximate surface area is 141 Å². The third-order valence-corrected chi connectivity index (χ3v) is 4.07. The average Bonchev–Trinajstić information content (AvgIpc) is 2.59. The lowest BCUT2D eigenvalue weighted by molar-refractivity contribution is -0.0230.